The zero-order valence-corrected chi connectivity index (χ0v) is 6.45. The molecule has 5 heteroatoms. The van der Waals surface area contributed by atoms with Gasteiger partial charge in [0.2, 0.25) is 8.08 Å². The first kappa shape index (κ1) is 6.28. The molecular formula is C3H8N2OP2. The van der Waals surface area contributed by atoms with Gasteiger partial charge in [0.05, 0.1) is 6.61 Å². The summed E-state index contributed by atoms with van der Waals surface area (Å²) in [5.41, 5.74) is 0. The van der Waals surface area contributed by atoms with E-state index in [1.165, 1.54) is 0 Å². The third-order valence-electron chi connectivity index (χ3n) is 0.674. The number of aromatic nitrogens is 2. The molecule has 1 aromatic rings. The van der Waals surface area contributed by atoms with Crippen molar-refractivity contribution in [2.45, 2.75) is 13.3 Å². The van der Waals surface area contributed by atoms with Crippen molar-refractivity contribution in [2.75, 3.05) is 6.61 Å². The zero-order chi connectivity index (χ0) is 5.82. The Morgan fingerprint density at radius 2 is 2.62 bits per heavy atom. The van der Waals surface area contributed by atoms with Crippen LogP contribution in [0.2, 0.25) is 0 Å². The molecule has 8 heavy (non-hydrogen) atoms. The predicted octanol–water partition coefficient (Wildman–Crippen LogP) is 1.81. The summed E-state index contributed by atoms with van der Waals surface area (Å²) in [7, 11) is 0.442. The highest BCUT2D eigenvalue weighted by atomic mass is 31.2. The second-order valence-corrected chi connectivity index (χ2v) is 3.92. The molecule has 1 unspecified atom stereocenters. The molecule has 1 N–H and O–H groups in total. The molecule has 0 saturated heterocycles. The van der Waals surface area contributed by atoms with Crippen molar-refractivity contribution in [3.05, 3.63) is 0 Å². The summed E-state index contributed by atoms with van der Waals surface area (Å²) in [5, 5.41) is 0. The van der Waals surface area contributed by atoms with Crippen molar-refractivity contribution in [1.82, 2.24) is 9.02 Å². The van der Waals surface area contributed by atoms with Crippen molar-refractivity contribution in [2.24, 2.45) is 0 Å². The molecule has 0 spiro atoms. The maximum atomic E-state index is 5.21. The SMILES string of the molecule is CCCOp1np[nH]1. The molecule has 1 rings (SSSR count). The van der Waals surface area contributed by atoms with Crippen LogP contribution in [0.1, 0.15) is 13.3 Å². The Labute approximate surface area is 51.0 Å². The largest absolute Gasteiger partial charge is 0.303 e. The number of rotatable bonds is 3. The van der Waals surface area contributed by atoms with Crippen molar-refractivity contribution in [3.8, 4) is 0 Å². The fraction of sp³-hybridized carbons (Fsp3) is 1.00. The molecule has 0 aromatic carbocycles. The molecule has 0 radical (unpaired) electrons. The van der Waals surface area contributed by atoms with Crippen LogP contribution < -0.4 is 4.52 Å². The highest BCUT2D eigenvalue weighted by molar-refractivity contribution is 7.52. The average molecular weight is 150 g/mol. The number of nitrogens with zero attached hydrogens (tertiary/aromatic N) is 1. The minimum absolute atomic E-state index is 0.541. The Balaban J connectivity index is 2.09. The van der Waals surface area contributed by atoms with Gasteiger partial charge in [0, 0.05) is 0 Å². The van der Waals surface area contributed by atoms with Gasteiger partial charge in [0.1, 0.15) is 8.51 Å². The summed E-state index contributed by atoms with van der Waals surface area (Å²) in [4.78, 5) is 0. The van der Waals surface area contributed by atoms with Gasteiger partial charge in [-0.3, -0.25) is 4.51 Å². The van der Waals surface area contributed by atoms with Crippen LogP contribution in [0.15, 0.2) is 0 Å². The van der Waals surface area contributed by atoms with Crippen LogP contribution in [0, 0.1) is 0 Å². The van der Waals surface area contributed by atoms with Gasteiger partial charge in [-0.1, -0.05) is 6.92 Å². The number of hydrogen-bond donors (Lipinski definition) is 1. The van der Waals surface area contributed by atoms with E-state index in [1.54, 1.807) is 0 Å². The van der Waals surface area contributed by atoms with Gasteiger partial charge in [-0.2, -0.15) is 4.51 Å². The van der Waals surface area contributed by atoms with Crippen LogP contribution in [-0.4, -0.2) is 15.6 Å². The fourth-order valence-corrected chi connectivity index (χ4v) is 1.76. The van der Waals surface area contributed by atoms with E-state index in [4.69, 9.17) is 4.52 Å². The summed E-state index contributed by atoms with van der Waals surface area (Å²) in [6.07, 6.45) is 1.08. The summed E-state index contributed by atoms with van der Waals surface area (Å²) >= 11 is 0. The van der Waals surface area contributed by atoms with Gasteiger partial charge in [-0.05, 0) is 6.42 Å². The Kier molecular flexibility index (Phi) is 2.54. The second-order valence-electron chi connectivity index (χ2n) is 1.40. The maximum Gasteiger partial charge on any atom is 0.203 e. The molecule has 46 valence electrons. The molecule has 0 aliphatic heterocycles. The lowest BCUT2D eigenvalue weighted by atomic mass is 10.5. The van der Waals surface area contributed by atoms with Crippen molar-refractivity contribution in [1.29, 1.82) is 0 Å². The normalized spacial score (nSPS) is 13.4. The minimum Gasteiger partial charge on any atom is -0.303 e. The number of hydrogen-bond acceptors (Lipinski definition) is 2. The summed E-state index contributed by atoms with van der Waals surface area (Å²) in [6, 6.07) is 0. The smallest absolute Gasteiger partial charge is 0.203 e. The quantitative estimate of drug-likeness (QED) is 0.713. The van der Waals surface area contributed by atoms with E-state index in [9.17, 15) is 0 Å². The number of nitrogens with one attached hydrogen (secondary N) is 1. The maximum absolute atomic E-state index is 5.21. The van der Waals surface area contributed by atoms with Crippen LogP contribution in [0.25, 0.3) is 0 Å². The molecule has 0 saturated carbocycles. The first-order valence-corrected chi connectivity index (χ1v) is 4.59. The van der Waals surface area contributed by atoms with Crippen LogP contribution in [0.4, 0.5) is 0 Å². The van der Waals surface area contributed by atoms with Crippen LogP contribution in [0.3, 0.4) is 0 Å². The van der Waals surface area contributed by atoms with Gasteiger partial charge < -0.3 is 4.52 Å². The van der Waals surface area contributed by atoms with E-state index in [1.807, 2.05) is 0 Å². The number of aromatic amines is 1. The fourth-order valence-electron chi connectivity index (χ4n) is 0.314. The first-order valence-electron chi connectivity index (χ1n) is 2.53. The Morgan fingerprint density at radius 1 is 1.88 bits per heavy atom. The van der Waals surface area contributed by atoms with Crippen molar-refractivity contribution < 1.29 is 4.52 Å². The highest BCUT2D eigenvalue weighted by Crippen LogP contribution is 2.21. The molecule has 0 fully saturated rings. The Hall–Kier alpha value is 0.160. The second kappa shape index (κ2) is 3.24. The van der Waals surface area contributed by atoms with Gasteiger partial charge in [-0.25, -0.2) is 0 Å². The molecule has 1 atom stereocenters. The lowest BCUT2D eigenvalue weighted by molar-refractivity contribution is 0.421. The molecule has 0 bridgehead atoms. The molecule has 0 amide bonds. The van der Waals surface area contributed by atoms with E-state index >= 15 is 0 Å². The average Bonchev–Trinajstić information content (AvgIpc) is 1.63. The lowest BCUT2D eigenvalue weighted by Crippen LogP contribution is -1.94. The molecule has 1 aromatic heterocycles. The van der Waals surface area contributed by atoms with E-state index in [0.29, 0.717) is 0 Å². The zero-order valence-electron chi connectivity index (χ0n) is 4.66. The standard InChI is InChI=1S/C3H8N2OP2/c1-2-3-6-8-4-7-5-8/h2-3H2,1H3,(H,4,5). The summed E-state index contributed by atoms with van der Waals surface area (Å²) in [6.45, 7) is 2.92. The molecule has 0 aliphatic rings. The van der Waals surface area contributed by atoms with E-state index < -0.39 is 8.08 Å². The third kappa shape index (κ3) is 1.59. The Morgan fingerprint density at radius 3 is 3.00 bits per heavy atom. The van der Waals surface area contributed by atoms with Crippen molar-refractivity contribution in [3.63, 3.8) is 0 Å². The lowest BCUT2D eigenvalue weighted by Gasteiger charge is -1.99. The summed E-state index contributed by atoms with van der Waals surface area (Å²) in [5.74, 6) is 0. The van der Waals surface area contributed by atoms with Gasteiger partial charge >= 0.3 is 0 Å². The van der Waals surface area contributed by atoms with Gasteiger partial charge in [-0.15, -0.1) is 0 Å². The highest BCUT2D eigenvalue weighted by Gasteiger charge is 1.92. The van der Waals surface area contributed by atoms with Gasteiger partial charge in [0.25, 0.3) is 0 Å². The van der Waals surface area contributed by atoms with Crippen LogP contribution in [-0.2, 0) is 0 Å². The van der Waals surface area contributed by atoms with Crippen LogP contribution in [0.5, 0.6) is 0 Å². The van der Waals surface area contributed by atoms with Gasteiger partial charge in [0.15, 0.2) is 0 Å². The van der Waals surface area contributed by atoms with E-state index in [2.05, 4.69) is 15.9 Å². The molecule has 0 aliphatic carbocycles. The molecular weight excluding hydrogens is 142 g/mol. The van der Waals surface area contributed by atoms with E-state index in [-0.39, 0.29) is 0 Å². The van der Waals surface area contributed by atoms with Crippen molar-refractivity contribution >= 4 is 16.6 Å². The molecule has 1 heterocycles. The minimum atomic E-state index is -0.541. The van der Waals surface area contributed by atoms with E-state index in [0.717, 1.165) is 21.5 Å². The number of H-pyrrole nitrogens is 1. The summed E-state index contributed by atoms with van der Waals surface area (Å²) < 4.78 is 12.2. The topological polar surface area (TPSA) is 37.9 Å². The van der Waals surface area contributed by atoms with Crippen LogP contribution >= 0.6 is 16.6 Å². The monoisotopic (exact) mass is 150 g/mol. The first-order chi connectivity index (χ1) is 3.93. The third-order valence-corrected chi connectivity index (χ3v) is 3.15. The Bertz CT molecular complexity index is 130. The predicted molar refractivity (Wildman–Crippen MR) is 35.5 cm³/mol. The molecule has 3 nitrogen and oxygen atoms in total.